The maximum Gasteiger partial charge on any atom is 0.134 e. The molecule has 0 aliphatic rings. The fraction of sp³-hybridized carbons (Fsp3) is 0.600. The Balaban J connectivity index is 2.48. The van der Waals surface area contributed by atoms with Crippen LogP contribution in [0.2, 0.25) is 0 Å². The summed E-state index contributed by atoms with van der Waals surface area (Å²) in [5, 5.41) is 0. The number of hydrogen-bond donors (Lipinski definition) is 1. The number of benzene rings is 1. The molecule has 0 aliphatic heterocycles. The first kappa shape index (κ1) is 15.4. The predicted molar refractivity (Wildman–Crippen MR) is 82.1 cm³/mol. The smallest absolute Gasteiger partial charge is 0.134 e. The number of ether oxygens (including phenoxy) is 1. The van der Waals surface area contributed by atoms with Crippen molar-refractivity contribution in [1.82, 2.24) is 0 Å². The molecule has 1 aromatic carbocycles. The summed E-state index contributed by atoms with van der Waals surface area (Å²) in [5.41, 5.74) is 7.71. The van der Waals surface area contributed by atoms with Crippen LogP contribution in [0.3, 0.4) is 0 Å². The zero-order chi connectivity index (χ0) is 13.5. The fourth-order valence-corrected chi connectivity index (χ4v) is 2.35. The monoisotopic (exact) mass is 313 g/mol. The molecule has 3 heteroatoms. The van der Waals surface area contributed by atoms with Gasteiger partial charge in [0.2, 0.25) is 0 Å². The molecule has 0 aliphatic carbocycles. The first-order chi connectivity index (χ1) is 8.54. The van der Waals surface area contributed by atoms with Gasteiger partial charge in [0, 0.05) is 5.69 Å². The van der Waals surface area contributed by atoms with Crippen molar-refractivity contribution in [3.05, 3.63) is 22.2 Å². The van der Waals surface area contributed by atoms with E-state index in [-0.39, 0.29) is 6.10 Å². The second-order valence-corrected chi connectivity index (χ2v) is 5.77. The van der Waals surface area contributed by atoms with Crippen LogP contribution in [0.5, 0.6) is 5.75 Å². The predicted octanol–water partition coefficient (Wildman–Crippen LogP) is 5.08. The number of halogens is 1. The Kier molecular flexibility index (Phi) is 6.55. The van der Waals surface area contributed by atoms with E-state index in [4.69, 9.17) is 10.5 Å². The average molecular weight is 314 g/mol. The highest BCUT2D eigenvalue weighted by Gasteiger charge is 2.09. The second kappa shape index (κ2) is 7.67. The maximum absolute atomic E-state index is 5.96. The highest BCUT2D eigenvalue weighted by Crippen LogP contribution is 2.31. The standard InChI is InChI=1S/C15H24BrNO/c1-4-5-6-7-8-12(3)18-15-9-11(2)14(17)10-13(15)16/h9-10,12H,4-8,17H2,1-3H3. The minimum absolute atomic E-state index is 0.251. The fourth-order valence-electron chi connectivity index (χ4n) is 1.89. The first-order valence-electron chi connectivity index (χ1n) is 6.76. The van der Waals surface area contributed by atoms with Crippen molar-refractivity contribution in [2.45, 2.75) is 59.0 Å². The van der Waals surface area contributed by atoms with E-state index in [0.717, 1.165) is 27.9 Å². The lowest BCUT2D eigenvalue weighted by molar-refractivity contribution is 0.205. The van der Waals surface area contributed by atoms with Crippen LogP contribution in [0, 0.1) is 6.92 Å². The van der Waals surface area contributed by atoms with E-state index >= 15 is 0 Å². The molecule has 18 heavy (non-hydrogen) atoms. The van der Waals surface area contributed by atoms with Crippen molar-refractivity contribution in [2.24, 2.45) is 0 Å². The summed E-state index contributed by atoms with van der Waals surface area (Å²) in [5.74, 6) is 0.893. The minimum Gasteiger partial charge on any atom is -0.490 e. The summed E-state index contributed by atoms with van der Waals surface area (Å²) in [6, 6.07) is 3.91. The Bertz CT molecular complexity index is 379. The molecular formula is C15H24BrNO. The van der Waals surface area contributed by atoms with E-state index in [1.807, 2.05) is 19.1 Å². The summed E-state index contributed by atoms with van der Waals surface area (Å²) >= 11 is 3.50. The van der Waals surface area contributed by atoms with Crippen molar-refractivity contribution < 1.29 is 4.74 Å². The van der Waals surface area contributed by atoms with Gasteiger partial charge in [0.15, 0.2) is 0 Å². The number of aryl methyl sites for hydroxylation is 1. The van der Waals surface area contributed by atoms with Crippen molar-refractivity contribution in [2.75, 3.05) is 5.73 Å². The largest absolute Gasteiger partial charge is 0.490 e. The van der Waals surface area contributed by atoms with Gasteiger partial charge in [-0.2, -0.15) is 0 Å². The summed E-state index contributed by atoms with van der Waals surface area (Å²) < 4.78 is 6.89. The third-order valence-corrected chi connectivity index (χ3v) is 3.73. The molecular weight excluding hydrogens is 290 g/mol. The number of hydrogen-bond acceptors (Lipinski definition) is 2. The Morgan fingerprint density at radius 2 is 2.00 bits per heavy atom. The van der Waals surface area contributed by atoms with Crippen LogP contribution in [-0.2, 0) is 0 Å². The van der Waals surface area contributed by atoms with E-state index in [1.54, 1.807) is 0 Å². The summed E-state index contributed by atoms with van der Waals surface area (Å²) in [4.78, 5) is 0. The lowest BCUT2D eigenvalue weighted by Gasteiger charge is -2.17. The van der Waals surface area contributed by atoms with Gasteiger partial charge >= 0.3 is 0 Å². The molecule has 1 aromatic rings. The summed E-state index contributed by atoms with van der Waals surface area (Å²) in [6.45, 7) is 6.36. The van der Waals surface area contributed by atoms with Crippen molar-refractivity contribution >= 4 is 21.6 Å². The number of anilines is 1. The minimum atomic E-state index is 0.251. The van der Waals surface area contributed by atoms with Crippen LogP contribution in [0.1, 0.15) is 51.5 Å². The van der Waals surface area contributed by atoms with Crippen LogP contribution < -0.4 is 10.5 Å². The van der Waals surface area contributed by atoms with Gasteiger partial charge in [0.25, 0.3) is 0 Å². The van der Waals surface area contributed by atoms with Gasteiger partial charge in [0.05, 0.1) is 10.6 Å². The Morgan fingerprint density at radius 1 is 1.28 bits per heavy atom. The topological polar surface area (TPSA) is 35.2 Å². The molecule has 0 bridgehead atoms. The van der Waals surface area contributed by atoms with Crippen LogP contribution in [-0.4, -0.2) is 6.10 Å². The molecule has 0 saturated carbocycles. The van der Waals surface area contributed by atoms with Crippen LogP contribution in [0.4, 0.5) is 5.69 Å². The van der Waals surface area contributed by atoms with Gasteiger partial charge in [-0.05, 0) is 60.3 Å². The number of nitrogen functional groups attached to an aromatic ring is 1. The van der Waals surface area contributed by atoms with E-state index in [0.29, 0.717) is 0 Å². The highest BCUT2D eigenvalue weighted by molar-refractivity contribution is 9.10. The molecule has 0 radical (unpaired) electrons. The van der Waals surface area contributed by atoms with Crippen LogP contribution in [0.25, 0.3) is 0 Å². The maximum atomic E-state index is 5.96. The third kappa shape index (κ3) is 4.89. The van der Waals surface area contributed by atoms with Gasteiger partial charge < -0.3 is 10.5 Å². The van der Waals surface area contributed by atoms with Gasteiger partial charge in [-0.3, -0.25) is 0 Å². The molecule has 0 heterocycles. The molecule has 0 amide bonds. The zero-order valence-electron chi connectivity index (χ0n) is 11.6. The van der Waals surface area contributed by atoms with Gasteiger partial charge in [-0.25, -0.2) is 0 Å². The average Bonchev–Trinajstić information content (AvgIpc) is 2.32. The van der Waals surface area contributed by atoms with Crippen molar-refractivity contribution in [3.63, 3.8) is 0 Å². The van der Waals surface area contributed by atoms with Crippen molar-refractivity contribution in [1.29, 1.82) is 0 Å². The Morgan fingerprint density at radius 3 is 2.67 bits per heavy atom. The molecule has 102 valence electrons. The lowest BCUT2D eigenvalue weighted by atomic mass is 10.1. The first-order valence-corrected chi connectivity index (χ1v) is 7.56. The zero-order valence-corrected chi connectivity index (χ0v) is 13.2. The van der Waals surface area contributed by atoms with Crippen molar-refractivity contribution in [3.8, 4) is 5.75 Å². The molecule has 1 atom stereocenters. The number of rotatable bonds is 7. The summed E-state index contributed by atoms with van der Waals surface area (Å²) in [6.07, 6.45) is 6.49. The molecule has 0 fully saturated rings. The molecule has 0 saturated heterocycles. The number of nitrogens with two attached hydrogens (primary N) is 1. The van der Waals surface area contributed by atoms with E-state index in [2.05, 4.69) is 29.8 Å². The van der Waals surface area contributed by atoms with E-state index < -0.39 is 0 Å². The molecule has 0 spiro atoms. The molecule has 0 aromatic heterocycles. The van der Waals surface area contributed by atoms with Crippen LogP contribution in [0.15, 0.2) is 16.6 Å². The van der Waals surface area contributed by atoms with E-state index in [1.165, 1.54) is 25.7 Å². The molecule has 1 rings (SSSR count). The van der Waals surface area contributed by atoms with Gasteiger partial charge in [-0.15, -0.1) is 0 Å². The molecule has 2 nitrogen and oxygen atoms in total. The number of unbranched alkanes of at least 4 members (excludes halogenated alkanes) is 3. The Hall–Kier alpha value is -0.700. The quantitative estimate of drug-likeness (QED) is 0.563. The Labute approximate surface area is 119 Å². The highest BCUT2D eigenvalue weighted by atomic mass is 79.9. The van der Waals surface area contributed by atoms with Gasteiger partial charge in [-0.1, -0.05) is 26.2 Å². The van der Waals surface area contributed by atoms with E-state index in [9.17, 15) is 0 Å². The second-order valence-electron chi connectivity index (χ2n) is 4.92. The van der Waals surface area contributed by atoms with Crippen LogP contribution >= 0.6 is 15.9 Å². The third-order valence-electron chi connectivity index (χ3n) is 3.11. The SMILES string of the molecule is CCCCCCC(C)Oc1cc(C)c(N)cc1Br. The molecule has 2 N–H and O–H groups in total. The normalized spacial score (nSPS) is 12.4. The molecule has 1 unspecified atom stereocenters. The lowest BCUT2D eigenvalue weighted by Crippen LogP contribution is -2.12. The summed E-state index contributed by atoms with van der Waals surface area (Å²) in [7, 11) is 0. The van der Waals surface area contributed by atoms with Gasteiger partial charge in [0.1, 0.15) is 5.75 Å².